The second kappa shape index (κ2) is 8.47. The van der Waals surface area contributed by atoms with E-state index in [1.807, 2.05) is 0 Å². The van der Waals surface area contributed by atoms with Gasteiger partial charge in [0.05, 0.1) is 0 Å². The highest BCUT2D eigenvalue weighted by Gasteiger charge is 2.29. The maximum Gasteiger partial charge on any atom is 0.0186 e. The molecule has 0 spiro atoms. The summed E-state index contributed by atoms with van der Waals surface area (Å²) in [6, 6.07) is 0.744. The van der Waals surface area contributed by atoms with E-state index >= 15 is 0 Å². The van der Waals surface area contributed by atoms with Gasteiger partial charge >= 0.3 is 0 Å². The lowest BCUT2D eigenvalue weighted by Gasteiger charge is -2.37. The average molecular weight is 272 g/mol. The number of hydrogen-bond acceptors (Lipinski definition) is 2. The van der Waals surface area contributed by atoms with Crippen LogP contribution >= 0.6 is 11.8 Å². The Labute approximate surface area is 119 Å². The molecular formula is C16H33NS. The molecule has 4 unspecified atom stereocenters. The van der Waals surface area contributed by atoms with Crippen LogP contribution < -0.4 is 5.32 Å². The third kappa shape index (κ3) is 5.52. The molecule has 1 aliphatic rings. The molecule has 1 fully saturated rings. The summed E-state index contributed by atoms with van der Waals surface area (Å²) in [5, 5.41) is 3.74. The number of nitrogens with one attached hydrogen (secondary N) is 1. The van der Waals surface area contributed by atoms with Gasteiger partial charge in [-0.05, 0) is 48.8 Å². The maximum atomic E-state index is 3.74. The average Bonchev–Trinajstić information content (AvgIpc) is 2.31. The van der Waals surface area contributed by atoms with Crippen LogP contribution in [-0.2, 0) is 0 Å². The lowest BCUT2D eigenvalue weighted by molar-refractivity contribution is 0.179. The van der Waals surface area contributed by atoms with Crippen LogP contribution in [0.4, 0.5) is 0 Å². The van der Waals surface area contributed by atoms with Crippen molar-refractivity contribution in [1.29, 1.82) is 0 Å². The van der Waals surface area contributed by atoms with Crippen LogP contribution in [0.3, 0.4) is 0 Å². The topological polar surface area (TPSA) is 12.0 Å². The smallest absolute Gasteiger partial charge is 0.0186 e. The van der Waals surface area contributed by atoms with Crippen LogP contribution in [0.25, 0.3) is 0 Å². The second-order valence-electron chi connectivity index (χ2n) is 6.62. The van der Waals surface area contributed by atoms with E-state index in [1.54, 1.807) is 0 Å². The van der Waals surface area contributed by atoms with Gasteiger partial charge in [0.2, 0.25) is 0 Å². The van der Waals surface area contributed by atoms with Gasteiger partial charge in [-0.15, -0.1) is 0 Å². The van der Waals surface area contributed by atoms with Gasteiger partial charge in [-0.1, -0.05) is 41.0 Å². The Bertz CT molecular complexity index is 217. The Morgan fingerprint density at radius 2 is 1.83 bits per heavy atom. The lowest BCUT2D eigenvalue weighted by atomic mass is 9.73. The van der Waals surface area contributed by atoms with Gasteiger partial charge in [-0.2, -0.15) is 11.8 Å². The van der Waals surface area contributed by atoms with E-state index in [1.165, 1.54) is 30.8 Å². The van der Waals surface area contributed by atoms with Crippen molar-refractivity contribution in [2.24, 2.45) is 23.7 Å². The van der Waals surface area contributed by atoms with Crippen molar-refractivity contribution in [2.75, 3.05) is 18.1 Å². The predicted octanol–water partition coefficient (Wildman–Crippen LogP) is 4.43. The Kier molecular flexibility index (Phi) is 7.70. The van der Waals surface area contributed by atoms with Gasteiger partial charge < -0.3 is 5.32 Å². The summed E-state index contributed by atoms with van der Waals surface area (Å²) in [4.78, 5) is 0. The second-order valence-corrected chi connectivity index (χ2v) is 7.70. The van der Waals surface area contributed by atoms with Crippen molar-refractivity contribution in [3.8, 4) is 0 Å². The molecule has 1 rings (SSSR count). The normalized spacial score (nSPS) is 30.7. The van der Waals surface area contributed by atoms with Crippen LogP contribution in [0.2, 0.25) is 0 Å². The van der Waals surface area contributed by atoms with Crippen molar-refractivity contribution < 1.29 is 0 Å². The van der Waals surface area contributed by atoms with E-state index in [-0.39, 0.29) is 0 Å². The van der Waals surface area contributed by atoms with Gasteiger partial charge in [0, 0.05) is 11.8 Å². The van der Waals surface area contributed by atoms with Gasteiger partial charge in [-0.25, -0.2) is 0 Å². The maximum absolute atomic E-state index is 3.74. The fourth-order valence-corrected chi connectivity index (χ4v) is 4.26. The molecule has 0 aromatic heterocycles. The standard InChI is InChI=1S/C16H33NS/c1-6-17-16(11-18-10-12(2)3)15-8-7-13(4)14(5)9-15/h12-17H,6-11H2,1-5H3. The van der Waals surface area contributed by atoms with Gasteiger partial charge in [0.15, 0.2) is 0 Å². The minimum absolute atomic E-state index is 0.744. The van der Waals surface area contributed by atoms with Crippen LogP contribution in [0.15, 0.2) is 0 Å². The molecule has 0 saturated heterocycles. The molecule has 108 valence electrons. The molecule has 0 bridgehead atoms. The number of rotatable bonds is 7. The van der Waals surface area contributed by atoms with Crippen molar-refractivity contribution in [2.45, 2.75) is 59.9 Å². The summed E-state index contributed by atoms with van der Waals surface area (Å²) in [6.45, 7) is 12.9. The third-order valence-corrected chi connectivity index (χ3v) is 5.92. The molecule has 0 heterocycles. The molecule has 1 saturated carbocycles. The predicted molar refractivity (Wildman–Crippen MR) is 85.3 cm³/mol. The highest BCUT2D eigenvalue weighted by Crippen LogP contribution is 2.35. The molecule has 0 amide bonds. The summed E-state index contributed by atoms with van der Waals surface area (Å²) in [5.74, 6) is 6.20. The monoisotopic (exact) mass is 271 g/mol. The largest absolute Gasteiger partial charge is 0.313 e. The Morgan fingerprint density at radius 1 is 1.11 bits per heavy atom. The summed E-state index contributed by atoms with van der Waals surface area (Å²) >= 11 is 2.14. The zero-order chi connectivity index (χ0) is 13.5. The Hall–Kier alpha value is 0.310. The first kappa shape index (κ1) is 16.4. The minimum atomic E-state index is 0.744. The zero-order valence-corrected chi connectivity index (χ0v) is 13.9. The van der Waals surface area contributed by atoms with Crippen molar-refractivity contribution in [3.05, 3.63) is 0 Å². The van der Waals surface area contributed by atoms with Crippen molar-refractivity contribution in [3.63, 3.8) is 0 Å². The molecule has 1 nitrogen and oxygen atoms in total. The van der Waals surface area contributed by atoms with E-state index in [9.17, 15) is 0 Å². The first-order valence-corrected chi connectivity index (χ1v) is 9.01. The number of thioether (sulfide) groups is 1. The molecule has 0 aliphatic heterocycles. The van der Waals surface area contributed by atoms with E-state index in [2.05, 4.69) is 51.7 Å². The van der Waals surface area contributed by atoms with Gasteiger partial charge in [-0.3, -0.25) is 0 Å². The highest BCUT2D eigenvalue weighted by molar-refractivity contribution is 7.99. The summed E-state index contributed by atoms with van der Waals surface area (Å²) < 4.78 is 0. The van der Waals surface area contributed by atoms with Crippen LogP contribution in [0, 0.1) is 23.7 Å². The number of hydrogen-bond donors (Lipinski definition) is 1. The van der Waals surface area contributed by atoms with Crippen molar-refractivity contribution >= 4 is 11.8 Å². The molecule has 1 aliphatic carbocycles. The van der Waals surface area contributed by atoms with E-state index < -0.39 is 0 Å². The van der Waals surface area contributed by atoms with Gasteiger partial charge in [0.1, 0.15) is 0 Å². The van der Waals surface area contributed by atoms with Gasteiger partial charge in [0.25, 0.3) is 0 Å². The summed E-state index contributed by atoms with van der Waals surface area (Å²) in [6.07, 6.45) is 4.30. The zero-order valence-electron chi connectivity index (χ0n) is 13.0. The molecule has 0 aromatic carbocycles. The molecule has 4 atom stereocenters. The first-order chi connectivity index (χ1) is 8.54. The van der Waals surface area contributed by atoms with Crippen LogP contribution in [0.1, 0.15) is 53.9 Å². The molecule has 0 radical (unpaired) electrons. The van der Waals surface area contributed by atoms with E-state index in [0.717, 1.165) is 36.3 Å². The molecule has 18 heavy (non-hydrogen) atoms. The van der Waals surface area contributed by atoms with E-state index in [0.29, 0.717) is 0 Å². The molecule has 2 heteroatoms. The quantitative estimate of drug-likeness (QED) is 0.735. The molecule has 0 aromatic rings. The first-order valence-electron chi connectivity index (χ1n) is 7.85. The highest BCUT2D eigenvalue weighted by atomic mass is 32.2. The van der Waals surface area contributed by atoms with E-state index in [4.69, 9.17) is 0 Å². The Morgan fingerprint density at radius 3 is 2.39 bits per heavy atom. The minimum Gasteiger partial charge on any atom is -0.313 e. The fourth-order valence-electron chi connectivity index (χ4n) is 3.01. The fraction of sp³-hybridized carbons (Fsp3) is 1.00. The summed E-state index contributed by atoms with van der Waals surface area (Å²) in [5.41, 5.74) is 0. The van der Waals surface area contributed by atoms with Crippen LogP contribution in [0.5, 0.6) is 0 Å². The van der Waals surface area contributed by atoms with Crippen molar-refractivity contribution in [1.82, 2.24) is 5.32 Å². The van der Waals surface area contributed by atoms with Crippen LogP contribution in [-0.4, -0.2) is 24.1 Å². The third-order valence-electron chi connectivity index (χ3n) is 4.42. The Balaban J connectivity index is 2.40. The molecule has 1 N–H and O–H groups in total. The summed E-state index contributed by atoms with van der Waals surface area (Å²) in [7, 11) is 0. The lowest BCUT2D eigenvalue weighted by Crippen LogP contribution is -2.41. The molecular weight excluding hydrogens is 238 g/mol. The SMILES string of the molecule is CCNC(CSCC(C)C)C1CCC(C)C(C)C1.